The summed E-state index contributed by atoms with van der Waals surface area (Å²) in [4.78, 5) is 2.16. The molecule has 1 aromatic carbocycles. The SMILES string of the molecule is CC1CCN(C(C)(C#N)Cc2c(F)cccc2Cl)CC1. The molecule has 20 heavy (non-hydrogen) atoms. The van der Waals surface area contributed by atoms with Gasteiger partial charge in [0.2, 0.25) is 0 Å². The van der Waals surface area contributed by atoms with Gasteiger partial charge in [0.05, 0.1) is 6.07 Å². The Morgan fingerprint density at radius 3 is 2.65 bits per heavy atom. The zero-order valence-electron chi connectivity index (χ0n) is 12.0. The number of nitriles is 1. The number of piperidine rings is 1. The summed E-state index contributed by atoms with van der Waals surface area (Å²) in [5.74, 6) is 0.371. The third-order valence-electron chi connectivity index (χ3n) is 4.31. The molecule has 0 aromatic heterocycles. The number of nitrogens with zero attached hydrogens (tertiary/aromatic N) is 2. The second-order valence-electron chi connectivity index (χ2n) is 5.93. The van der Waals surface area contributed by atoms with Gasteiger partial charge in [0.1, 0.15) is 11.4 Å². The third-order valence-corrected chi connectivity index (χ3v) is 4.66. The first-order valence-electron chi connectivity index (χ1n) is 7.05. The van der Waals surface area contributed by atoms with Crippen LogP contribution in [0.25, 0.3) is 0 Å². The van der Waals surface area contributed by atoms with E-state index >= 15 is 0 Å². The molecule has 108 valence electrons. The summed E-state index contributed by atoms with van der Waals surface area (Å²) < 4.78 is 13.9. The molecule has 0 amide bonds. The van der Waals surface area contributed by atoms with Gasteiger partial charge in [0.25, 0.3) is 0 Å². The summed E-state index contributed by atoms with van der Waals surface area (Å²) >= 11 is 6.09. The Kier molecular flexibility index (Phi) is 4.67. The van der Waals surface area contributed by atoms with E-state index in [1.165, 1.54) is 6.07 Å². The standard InChI is InChI=1S/C16H20ClFN2/c1-12-6-8-20(9-7-12)16(2,11-19)10-13-14(17)4-3-5-15(13)18/h3-5,12H,6-10H2,1-2H3. The predicted molar refractivity (Wildman–Crippen MR) is 79.1 cm³/mol. The summed E-state index contributed by atoms with van der Waals surface area (Å²) in [6.45, 7) is 5.88. The molecule has 0 radical (unpaired) electrons. The van der Waals surface area contributed by atoms with Crippen LogP contribution in [0.3, 0.4) is 0 Å². The molecular weight excluding hydrogens is 275 g/mol. The van der Waals surface area contributed by atoms with Crippen molar-refractivity contribution in [2.45, 2.75) is 38.6 Å². The lowest BCUT2D eigenvalue weighted by atomic mass is 9.88. The molecule has 2 rings (SSSR count). The number of hydrogen-bond acceptors (Lipinski definition) is 2. The lowest BCUT2D eigenvalue weighted by Gasteiger charge is -2.40. The maximum Gasteiger partial charge on any atom is 0.127 e. The van der Waals surface area contributed by atoms with E-state index in [-0.39, 0.29) is 5.82 Å². The third kappa shape index (κ3) is 3.13. The summed E-state index contributed by atoms with van der Waals surface area (Å²) in [6, 6.07) is 7.03. The molecule has 2 nitrogen and oxygen atoms in total. The summed E-state index contributed by atoms with van der Waals surface area (Å²) in [6.07, 6.45) is 2.49. The van der Waals surface area contributed by atoms with Gasteiger partial charge in [0.15, 0.2) is 0 Å². The molecule has 1 unspecified atom stereocenters. The molecule has 1 aliphatic rings. The average Bonchev–Trinajstić information content (AvgIpc) is 2.43. The molecule has 1 aliphatic heterocycles. The molecule has 1 aromatic rings. The van der Waals surface area contributed by atoms with Crippen molar-refractivity contribution in [3.8, 4) is 6.07 Å². The topological polar surface area (TPSA) is 27.0 Å². The van der Waals surface area contributed by atoms with Crippen LogP contribution >= 0.6 is 11.6 Å². The van der Waals surface area contributed by atoms with Crippen LogP contribution in [-0.4, -0.2) is 23.5 Å². The Bertz CT molecular complexity index is 497. The van der Waals surface area contributed by atoms with Crippen LogP contribution in [0.4, 0.5) is 4.39 Å². The molecule has 0 spiro atoms. The van der Waals surface area contributed by atoms with Crippen molar-refractivity contribution in [3.63, 3.8) is 0 Å². The van der Waals surface area contributed by atoms with Crippen LogP contribution in [0, 0.1) is 23.1 Å². The van der Waals surface area contributed by atoms with E-state index in [2.05, 4.69) is 17.9 Å². The van der Waals surface area contributed by atoms with Crippen molar-refractivity contribution in [1.29, 1.82) is 5.26 Å². The molecule has 1 atom stereocenters. The van der Waals surface area contributed by atoms with Crippen molar-refractivity contribution >= 4 is 11.6 Å². The lowest BCUT2D eigenvalue weighted by molar-refractivity contribution is 0.103. The highest BCUT2D eigenvalue weighted by Gasteiger charge is 2.35. The van der Waals surface area contributed by atoms with E-state index in [0.29, 0.717) is 22.9 Å². The minimum absolute atomic E-state index is 0.323. The number of hydrogen-bond donors (Lipinski definition) is 0. The first kappa shape index (κ1) is 15.3. The Morgan fingerprint density at radius 1 is 1.45 bits per heavy atom. The molecule has 1 saturated heterocycles. The zero-order valence-corrected chi connectivity index (χ0v) is 12.8. The van der Waals surface area contributed by atoms with Gasteiger partial charge in [-0.15, -0.1) is 0 Å². The monoisotopic (exact) mass is 294 g/mol. The van der Waals surface area contributed by atoms with E-state index in [9.17, 15) is 9.65 Å². The highest BCUT2D eigenvalue weighted by molar-refractivity contribution is 6.31. The van der Waals surface area contributed by atoms with Crippen LogP contribution in [-0.2, 0) is 6.42 Å². The minimum Gasteiger partial charge on any atom is -0.285 e. The fourth-order valence-electron chi connectivity index (χ4n) is 2.77. The number of benzene rings is 1. The van der Waals surface area contributed by atoms with E-state index in [0.717, 1.165) is 25.9 Å². The van der Waals surface area contributed by atoms with Gasteiger partial charge in [-0.1, -0.05) is 24.6 Å². The van der Waals surface area contributed by atoms with Gasteiger partial charge in [-0.3, -0.25) is 4.90 Å². The van der Waals surface area contributed by atoms with E-state index < -0.39 is 5.54 Å². The van der Waals surface area contributed by atoms with Gasteiger partial charge in [-0.25, -0.2) is 4.39 Å². The second-order valence-corrected chi connectivity index (χ2v) is 6.34. The first-order valence-corrected chi connectivity index (χ1v) is 7.43. The molecule has 0 saturated carbocycles. The lowest BCUT2D eigenvalue weighted by Crippen LogP contribution is -2.50. The molecule has 0 aliphatic carbocycles. The van der Waals surface area contributed by atoms with E-state index in [1.807, 2.05) is 6.92 Å². The van der Waals surface area contributed by atoms with Gasteiger partial charge in [-0.2, -0.15) is 5.26 Å². The van der Waals surface area contributed by atoms with Crippen LogP contribution in [0.2, 0.25) is 5.02 Å². The Balaban J connectivity index is 2.22. The molecule has 1 heterocycles. The van der Waals surface area contributed by atoms with E-state index in [1.54, 1.807) is 12.1 Å². The van der Waals surface area contributed by atoms with Crippen molar-refractivity contribution in [2.75, 3.05) is 13.1 Å². The number of rotatable bonds is 3. The maximum atomic E-state index is 13.9. The summed E-state index contributed by atoms with van der Waals surface area (Å²) in [5.41, 5.74) is -0.261. The average molecular weight is 295 g/mol. The normalized spacial score (nSPS) is 20.4. The van der Waals surface area contributed by atoms with Gasteiger partial charge >= 0.3 is 0 Å². The number of likely N-dealkylation sites (tertiary alicyclic amines) is 1. The van der Waals surface area contributed by atoms with Crippen LogP contribution in [0.5, 0.6) is 0 Å². The van der Waals surface area contributed by atoms with Crippen molar-refractivity contribution in [2.24, 2.45) is 5.92 Å². The fourth-order valence-corrected chi connectivity index (χ4v) is 3.00. The quantitative estimate of drug-likeness (QED) is 0.841. The smallest absolute Gasteiger partial charge is 0.127 e. The largest absolute Gasteiger partial charge is 0.285 e. The summed E-state index contributed by atoms with van der Waals surface area (Å²) in [7, 11) is 0. The van der Waals surface area contributed by atoms with E-state index in [4.69, 9.17) is 11.6 Å². The molecule has 4 heteroatoms. The van der Waals surface area contributed by atoms with Crippen LogP contribution < -0.4 is 0 Å². The Labute approximate surface area is 125 Å². The van der Waals surface area contributed by atoms with Crippen molar-refractivity contribution < 1.29 is 4.39 Å². The van der Waals surface area contributed by atoms with Gasteiger partial charge in [-0.05, 0) is 50.9 Å². The molecular formula is C16H20ClFN2. The van der Waals surface area contributed by atoms with Gasteiger partial charge in [0, 0.05) is 17.0 Å². The second kappa shape index (κ2) is 6.11. The van der Waals surface area contributed by atoms with Crippen molar-refractivity contribution in [3.05, 3.63) is 34.6 Å². The highest BCUT2D eigenvalue weighted by Crippen LogP contribution is 2.30. The number of halogens is 2. The van der Waals surface area contributed by atoms with Crippen molar-refractivity contribution in [1.82, 2.24) is 4.90 Å². The fraction of sp³-hybridized carbons (Fsp3) is 0.562. The highest BCUT2D eigenvalue weighted by atomic mass is 35.5. The Morgan fingerprint density at radius 2 is 2.10 bits per heavy atom. The molecule has 1 fully saturated rings. The molecule has 0 N–H and O–H groups in total. The van der Waals surface area contributed by atoms with Crippen LogP contribution in [0.15, 0.2) is 18.2 Å². The summed E-state index contributed by atoms with van der Waals surface area (Å²) in [5, 5.41) is 9.99. The zero-order chi connectivity index (χ0) is 14.8. The maximum absolute atomic E-state index is 13.9. The van der Waals surface area contributed by atoms with Crippen LogP contribution in [0.1, 0.15) is 32.3 Å². The first-order chi connectivity index (χ1) is 9.46. The predicted octanol–water partition coefficient (Wildman–Crippen LogP) is 4.04. The van der Waals surface area contributed by atoms with Gasteiger partial charge < -0.3 is 0 Å². The Hall–Kier alpha value is -1.11. The molecule has 0 bridgehead atoms. The minimum atomic E-state index is -0.702.